The largest absolute Gasteiger partial charge is 0.456 e. The number of benzene rings is 11. The fraction of sp³-hybridized carbons (Fsp3) is 0. The lowest BCUT2D eigenvalue weighted by Gasteiger charge is -2.16. The van der Waals surface area contributed by atoms with Gasteiger partial charge in [0.1, 0.15) is 56.8 Å². The number of fused-ring (bicyclic) bond motifs is 20. The van der Waals surface area contributed by atoms with Crippen LogP contribution in [0, 0.1) is 22.7 Å². The molecule has 0 radical (unpaired) electrons. The van der Waals surface area contributed by atoms with Crippen molar-refractivity contribution in [3.8, 4) is 45.8 Å². The number of hydrogen-bond donors (Lipinski definition) is 0. The van der Waals surface area contributed by atoms with Crippen LogP contribution in [0.3, 0.4) is 0 Å². The van der Waals surface area contributed by atoms with Gasteiger partial charge in [-0.2, -0.15) is 10.5 Å². The predicted molar refractivity (Wildman–Crippen MR) is 305 cm³/mol. The Hall–Kier alpha value is -10.8. The first-order valence-corrected chi connectivity index (χ1v) is 25.2. The molecule has 0 amide bonds. The Morgan fingerprint density at radius 2 is 0.605 bits per heavy atom. The van der Waals surface area contributed by atoms with Gasteiger partial charge in [0, 0.05) is 53.9 Å². The maximum atomic E-state index is 11.5. The van der Waals surface area contributed by atoms with Gasteiger partial charge in [0.2, 0.25) is 0 Å². The molecule has 0 bridgehead atoms. The highest BCUT2D eigenvalue weighted by Gasteiger charge is 2.27. The van der Waals surface area contributed by atoms with Crippen LogP contribution in [0.5, 0.6) is 0 Å². The summed E-state index contributed by atoms with van der Waals surface area (Å²) in [5.74, 6) is 0. The number of nitrogens with zero attached hydrogens (tertiary/aromatic N) is 4. The number of para-hydroxylation sites is 4. The monoisotopic (exact) mass is 970 g/mol. The molecule has 0 fully saturated rings. The summed E-state index contributed by atoms with van der Waals surface area (Å²) in [6.07, 6.45) is 0. The highest BCUT2D eigenvalue weighted by Crippen LogP contribution is 2.46. The molecule has 0 atom stereocenters. The first-order valence-electron chi connectivity index (χ1n) is 25.2. The molecule has 8 nitrogen and oxygen atoms in total. The maximum absolute atomic E-state index is 11.5. The van der Waals surface area contributed by atoms with Crippen LogP contribution < -0.4 is 0 Å². The molecule has 0 aliphatic carbocycles. The van der Waals surface area contributed by atoms with E-state index in [1.54, 1.807) is 0 Å². The Labute approximate surface area is 429 Å². The maximum Gasteiger partial charge on any atom is 0.145 e. The molecular weight excluding hydrogens is 937 g/mol. The highest BCUT2D eigenvalue weighted by molar-refractivity contribution is 6.26. The van der Waals surface area contributed by atoms with Crippen LogP contribution in [-0.4, -0.2) is 9.13 Å². The second-order valence-corrected chi connectivity index (χ2v) is 19.7. The molecular formula is C68H34N4O4. The van der Waals surface area contributed by atoms with E-state index in [-0.39, 0.29) is 11.1 Å². The molecule has 0 spiro atoms. The van der Waals surface area contributed by atoms with Gasteiger partial charge < -0.3 is 26.8 Å². The average Bonchev–Trinajstić information content (AvgIpc) is 4.38. The van der Waals surface area contributed by atoms with E-state index in [1.807, 2.05) is 84.9 Å². The summed E-state index contributed by atoms with van der Waals surface area (Å²) in [5, 5.41) is 34.9. The zero-order chi connectivity index (χ0) is 49.9. The quantitative estimate of drug-likeness (QED) is 0.174. The second-order valence-electron chi connectivity index (χ2n) is 19.7. The van der Waals surface area contributed by atoms with Gasteiger partial charge in [-0.05, 0) is 131 Å². The molecule has 0 N–H and O–H groups in total. The summed E-state index contributed by atoms with van der Waals surface area (Å²) >= 11 is 0. The van der Waals surface area contributed by atoms with Gasteiger partial charge in [-0.15, -0.1) is 0 Å². The van der Waals surface area contributed by atoms with Gasteiger partial charge in [0.25, 0.3) is 0 Å². The standard InChI is InChI=1S/C68H34N4O4/c69-35-51-52(36-70)56(72-54-26-20-38(40-18-22-46-42-10-2-6-14-60(42)74-64(46)34-40)32-50(54)66-58(72)28-24-48-44-12-4-8-16-62(44)76-68(48)66)30-29-55(51)71-53-25-19-37(39-17-21-45-41-9-1-5-13-59(41)73-63(45)33-39)31-49(53)65-57(71)27-23-47-43-11-3-7-15-61(43)75-67(47)65/h1-34H. The molecule has 17 aromatic rings. The minimum absolute atomic E-state index is 0.249. The molecule has 8 heteroatoms. The highest BCUT2D eigenvalue weighted by atomic mass is 16.3. The third-order valence-electron chi connectivity index (χ3n) is 15.8. The van der Waals surface area contributed by atoms with Crippen molar-refractivity contribution in [3.05, 3.63) is 217 Å². The number of rotatable bonds is 4. The molecule has 17 rings (SSSR count). The summed E-state index contributed by atoms with van der Waals surface area (Å²) in [6, 6.07) is 75.5. The number of hydrogen-bond acceptors (Lipinski definition) is 6. The van der Waals surface area contributed by atoms with E-state index in [2.05, 4.69) is 143 Å². The van der Waals surface area contributed by atoms with Gasteiger partial charge in [-0.1, -0.05) is 97.1 Å². The smallest absolute Gasteiger partial charge is 0.145 e. The van der Waals surface area contributed by atoms with Crippen LogP contribution >= 0.6 is 0 Å². The van der Waals surface area contributed by atoms with Crippen LogP contribution in [0.1, 0.15) is 11.1 Å². The SMILES string of the molecule is N#Cc1c(-n2c3ccc(-c4ccc5c(c4)oc4ccccc45)cc3c3c4oc5ccccc5c4ccc32)ccc(-n2c3ccc(-c4ccc5c(c4)oc4ccccc45)cc3c3c4oc5ccccc5c4ccc32)c1C#N. The summed E-state index contributed by atoms with van der Waals surface area (Å²) in [4.78, 5) is 0. The van der Waals surface area contributed by atoms with Crippen molar-refractivity contribution >= 4 is 131 Å². The van der Waals surface area contributed by atoms with Crippen LogP contribution in [0.15, 0.2) is 224 Å². The topological polar surface area (TPSA) is 110 Å². The van der Waals surface area contributed by atoms with E-state index in [9.17, 15) is 10.5 Å². The van der Waals surface area contributed by atoms with Gasteiger partial charge in [0.05, 0.1) is 55.3 Å². The van der Waals surface area contributed by atoms with Crippen LogP contribution in [0.25, 0.3) is 165 Å². The molecule has 11 aromatic carbocycles. The van der Waals surface area contributed by atoms with Crippen molar-refractivity contribution in [1.29, 1.82) is 10.5 Å². The van der Waals surface area contributed by atoms with Crippen molar-refractivity contribution in [3.63, 3.8) is 0 Å². The van der Waals surface area contributed by atoms with Crippen molar-refractivity contribution in [2.24, 2.45) is 0 Å². The van der Waals surface area contributed by atoms with E-state index in [0.717, 1.165) is 154 Å². The predicted octanol–water partition coefficient (Wildman–Crippen LogP) is 18.6. The third kappa shape index (κ3) is 5.43. The molecule has 0 aliphatic heterocycles. The second kappa shape index (κ2) is 14.9. The Balaban J connectivity index is 0.900. The minimum atomic E-state index is 0.249. The Bertz CT molecular complexity index is 5180. The van der Waals surface area contributed by atoms with Crippen molar-refractivity contribution < 1.29 is 17.7 Å². The number of furan rings is 4. The van der Waals surface area contributed by atoms with Crippen molar-refractivity contribution in [1.82, 2.24) is 9.13 Å². The van der Waals surface area contributed by atoms with Gasteiger partial charge in [-0.25, -0.2) is 0 Å². The van der Waals surface area contributed by atoms with E-state index in [1.165, 1.54) is 0 Å². The lowest BCUT2D eigenvalue weighted by atomic mass is 10.0. The first-order chi connectivity index (χ1) is 37.6. The molecule has 6 aromatic heterocycles. The molecule has 76 heavy (non-hydrogen) atoms. The summed E-state index contributed by atoms with van der Waals surface area (Å²) in [6.45, 7) is 0. The third-order valence-corrected chi connectivity index (χ3v) is 15.8. The van der Waals surface area contributed by atoms with E-state index >= 15 is 0 Å². The van der Waals surface area contributed by atoms with Crippen molar-refractivity contribution in [2.45, 2.75) is 0 Å². The molecule has 0 unspecified atom stereocenters. The first kappa shape index (κ1) is 40.8. The molecule has 350 valence electrons. The fourth-order valence-electron chi connectivity index (χ4n) is 12.4. The lowest BCUT2D eigenvalue weighted by Crippen LogP contribution is -2.05. The van der Waals surface area contributed by atoms with Gasteiger partial charge >= 0.3 is 0 Å². The normalized spacial score (nSPS) is 12.2. The Morgan fingerprint density at radius 1 is 0.276 bits per heavy atom. The van der Waals surface area contributed by atoms with E-state index in [0.29, 0.717) is 11.4 Å². The van der Waals surface area contributed by atoms with Crippen molar-refractivity contribution in [2.75, 3.05) is 0 Å². The number of aromatic nitrogens is 2. The van der Waals surface area contributed by atoms with Gasteiger partial charge in [-0.3, -0.25) is 0 Å². The molecule has 0 saturated heterocycles. The average molecular weight is 971 g/mol. The lowest BCUT2D eigenvalue weighted by molar-refractivity contribution is 0.668. The Morgan fingerprint density at radius 3 is 1.03 bits per heavy atom. The molecule has 0 saturated carbocycles. The minimum Gasteiger partial charge on any atom is -0.456 e. The zero-order valence-electron chi connectivity index (χ0n) is 40.1. The van der Waals surface area contributed by atoms with Crippen LogP contribution in [-0.2, 0) is 0 Å². The summed E-state index contributed by atoms with van der Waals surface area (Å²) in [5.41, 5.74) is 15.5. The van der Waals surface area contributed by atoms with Crippen LogP contribution in [0.2, 0.25) is 0 Å². The van der Waals surface area contributed by atoms with E-state index < -0.39 is 0 Å². The summed E-state index contributed by atoms with van der Waals surface area (Å²) in [7, 11) is 0. The van der Waals surface area contributed by atoms with Gasteiger partial charge in [0.15, 0.2) is 0 Å². The molecule has 6 heterocycles. The van der Waals surface area contributed by atoms with Crippen LogP contribution in [0.4, 0.5) is 0 Å². The Kier molecular flexibility index (Phi) is 7.99. The number of nitriles is 2. The van der Waals surface area contributed by atoms with E-state index in [4.69, 9.17) is 17.7 Å². The molecule has 0 aliphatic rings. The fourth-order valence-corrected chi connectivity index (χ4v) is 12.4. The summed E-state index contributed by atoms with van der Waals surface area (Å²) < 4.78 is 30.5. The zero-order valence-corrected chi connectivity index (χ0v) is 40.1.